The topological polar surface area (TPSA) is 88.4 Å². The molecule has 0 bridgehead atoms. The molecular weight excluding hydrogens is 316 g/mol. The monoisotopic (exact) mass is 334 g/mol. The Labute approximate surface area is 134 Å². The zero-order valence-corrected chi connectivity index (χ0v) is 13.5. The van der Waals surface area contributed by atoms with Gasteiger partial charge in [0.1, 0.15) is 5.76 Å². The average molecular weight is 334 g/mol. The number of carbonyl (C=O) groups excluding carboxylic acids is 1. The lowest BCUT2D eigenvalue weighted by Crippen LogP contribution is -2.27. The van der Waals surface area contributed by atoms with E-state index in [1.807, 2.05) is 0 Å². The molecule has 2 N–H and O–H groups in total. The summed E-state index contributed by atoms with van der Waals surface area (Å²) in [6, 6.07) is 8.15. The van der Waals surface area contributed by atoms with E-state index in [1.54, 1.807) is 25.1 Å². The highest BCUT2D eigenvalue weighted by molar-refractivity contribution is 7.89. The Hall–Kier alpha value is -2.12. The SMILES string of the molecule is Cc1ccc(S(=O)(=O)NCc2ccco2)cc1C(=O)NC1CC1. The Balaban J connectivity index is 1.79. The third-order valence-electron chi connectivity index (χ3n) is 3.69. The summed E-state index contributed by atoms with van der Waals surface area (Å²) in [5.41, 5.74) is 1.13. The first-order chi connectivity index (χ1) is 11.0. The maximum Gasteiger partial charge on any atom is 0.251 e. The molecule has 1 fully saturated rings. The molecule has 1 saturated carbocycles. The summed E-state index contributed by atoms with van der Waals surface area (Å²) in [6.07, 6.45) is 3.44. The number of furan rings is 1. The molecule has 7 heteroatoms. The molecule has 23 heavy (non-hydrogen) atoms. The third-order valence-corrected chi connectivity index (χ3v) is 5.09. The molecule has 0 unspecified atom stereocenters. The lowest BCUT2D eigenvalue weighted by Gasteiger charge is -2.10. The Morgan fingerprint density at radius 3 is 2.74 bits per heavy atom. The van der Waals surface area contributed by atoms with Gasteiger partial charge in [0.05, 0.1) is 17.7 Å². The normalized spacial score (nSPS) is 14.7. The number of rotatable bonds is 6. The van der Waals surface area contributed by atoms with Gasteiger partial charge >= 0.3 is 0 Å². The molecule has 0 atom stereocenters. The van der Waals surface area contributed by atoms with Crippen molar-refractivity contribution in [3.05, 3.63) is 53.5 Å². The summed E-state index contributed by atoms with van der Waals surface area (Å²) in [5.74, 6) is 0.292. The second-order valence-electron chi connectivity index (χ2n) is 5.63. The number of benzene rings is 1. The van der Waals surface area contributed by atoms with Crippen LogP contribution in [0.1, 0.15) is 34.5 Å². The molecule has 0 spiro atoms. The molecule has 3 rings (SSSR count). The fraction of sp³-hybridized carbons (Fsp3) is 0.312. The van der Waals surface area contributed by atoms with Crippen LogP contribution < -0.4 is 10.0 Å². The summed E-state index contributed by atoms with van der Waals surface area (Å²) in [6.45, 7) is 1.85. The Kier molecular flexibility index (Phi) is 4.23. The van der Waals surface area contributed by atoms with E-state index < -0.39 is 10.0 Å². The molecule has 1 aromatic carbocycles. The molecule has 1 heterocycles. The number of carbonyl (C=O) groups is 1. The number of hydrogen-bond acceptors (Lipinski definition) is 4. The maximum absolute atomic E-state index is 12.4. The summed E-state index contributed by atoms with van der Waals surface area (Å²) in [4.78, 5) is 12.3. The van der Waals surface area contributed by atoms with Crippen LogP contribution in [0.3, 0.4) is 0 Å². The van der Waals surface area contributed by atoms with E-state index in [9.17, 15) is 13.2 Å². The molecule has 6 nitrogen and oxygen atoms in total. The molecule has 0 radical (unpaired) electrons. The van der Waals surface area contributed by atoms with Crippen molar-refractivity contribution in [2.24, 2.45) is 0 Å². The van der Waals surface area contributed by atoms with Crippen LogP contribution in [-0.4, -0.2) is 20.4 Å². The summed E-state index contributed by atoms with van der Waals surface area (Å²) in [7, 11) is -3.71. The van der Waals surface area contributed by atoms with E-state index in [2.05, 4.69) is 10.0 Å². The van der Waals surface area contributed by atoms with Crippen LogP contribution >= 0.6 is 0 Å². The van der Waals surface area contributed by atoms with Gasteiger partial charge in [-0.25, -0.2) is 13.1 Å². The molecule has 2 aromatic rings. The standard InChI is InChI=1S/C16H18N2O4S/c1-11-4-7-14(9-15(11)16(19)18-12-5-6-12)23(20,21)17-10-13-3-2-8-22-13/h2-4,7-9,12,17H,5-6,10H2,1H3,(H,18,19). The number of amides is 1. The van der Waals surface area contributed by atoms with Crippen molar-refractivity contribution in [2.45, 2.75) is 37.2 Å². The fourth-order valence-electron chi connectivity index (χ4n) is 2.17. The van der Waals surface area contributed by atoms with E-state index in [0.29, 0.717) is 11.3 Å². The van der Waals surface area contributed by atoms with Crippen molar-refractivity contribution in [3.63, 3.8) is 0 Å². The van der Waals surface area contributed by atoms with Gasteiger partial charge < -0.3 is 9.73 Å². The predicted molar refractivity (Wildman–Crippen MR) is 84.4 cm³/mol. The quantitative estimate of drug-likeness (QED) is 0.845. The second-order valence-corrected chi connectivity index (χ2v) is 7.40. The van der Waals surface area contributed by atoms with Crippen LogP contribution in [0.4, 0.5) is 0 Å². The zero-order chi connectivity index (χ0) is 16.4. The van der Waals surface area contributed by atoms with Gasteiger partial charge in [-0.1, -0.05) is 6.07 Å². The van der Waals surface area contributed by atoms with Crippen molar-refractivity contribution in [3.8, 4) is 0 Å². The van der Waals surface area contributed by atoms with Gasteiger partial charge in [0, 0.05) is 11.6 Å². The molecule has 0 saturated heterocycles. The molecule has 1 aromatic heterocycles. The number of hydrogen-bond donors (Lipinski definition) is 2. The van der Waals surface area contributed by atoms with Gasteiger partial charge in [0.15, 0.2) is 0 Å². The van der Waals surface area contributed by atoms with Crippen LogP contribution in [0, 0.1) is 6.92 Å². The van der Waals surface area contributed by atoms with E-state index in [4.69, 9.17) is 4.42 Å². The molecule has 0 aliphatic heterocycles. The third kappa shape index (κ3) is 3.80. The molecule has 122 valence electrons. The molecule has 1 aliphatic carbocycles. The highest BCUT2D eigenvalue weighted by Gasteiger charge is 2.25. The number of aryl methyl sites for hydroxylation is 1. The average Bonchev–Trinajstić information content (AvgIpc) is 3.16. The fourth-order valence-corrected chi connectivity index (χ4v) is 3.19. The van der Waals surface area contributed by atoms with Crippen LogP contribution in [0.15, 0.2) is 45.9 Å². The molecular formula is C16H18N2O4S. The van der Waals surface area contributed by atoms with Crippen LogP contribution in [-0.2, 0) is 16.6 Å². The lowest BCUT2D eigenvalue weighted by atomic mass is 10.1. The summed E-state index contributed by atoms with van der Waals surface area (Å²) >= 11 is 0. The highest BCUT2D eigenvalue weighted by Crippen LogP contribution is 2.21. The smallest absolute Gasteiger partial charge is 0.251 e. The van der Waals surface area contributed by atoms with E-state index in [1.165, 1.54) is 18.4 Å². The van der Waals surface area contributed by atoms with Gasteiger partial charge in [0.2, 0.25) is 10.0 Å². The zero-order valence-electron chi connectivity index (χ0n) is 12.7. The van der Waals surface area contributed by atoms with Crippen molar-refractivity contribution in [1.29, 1.82) is 0 Å². The van der Waals surface area contributed by atoms with E-state index in [-0.39, 0.29) is 23.4 Å². The van der Waals surface area contributed by atoms with Crippen LogP contribution in [0.25, 0.3) is 0 Å². The largest absolute Gasteiger partial charge is 0.468 e. The van der Waals surface area contributed by atoms with Gasteiger partial charge in [-0.2, -0.15) is 0 Å². The first-order valence-corrected chi connectivity index (χ1v) is 8.87. The number of nitrogens with one attached hydrogen (secondary N) is 2. The molecule has 1 amide bonds. The van der Waals surface area contributed by atoms with Gasteiger partial charge in [-0.05, 0) is 49.6 Å². The van der Waals surface area contributed by atoms with Crippen LogP contribution in [0.2, 0.25) is 0 Å². The highest BCUT2D eigenvalue weighted by atomic mass is 32.2. The van der Waals surface area contributed by atoms with Crippen molar-refractivity contribution in [2.75, 3.05) is 0 Å². The summed E-state index contributed by atoms with van der Waals surface area (Å²) in [5, 5.41) is 2.87. The Bertz CT molecular complexity index is 809. The van der Waals surface area contributed by atoms with Gasteiger partial charge in [-0.15, -0.1) is 0 Å². The van der Waals surface area contributed by atoms with Crippen molar-refractivity contribution in [1.82, 2.24) is 10.0 Å². The van der Waals surface area contributed by atoms with Crippen molar-refractivity contribution < 1.29 is 17.6 Å². The van der Waals surface area contributed by atoms with E-state index in [0.717, 1.165) is 18.4 Å². The first-order valence-electron chi connectivity index (χ1n) is 7.39. The van der Waals surface area contributed by atoms with E-state index >= 15 is 0 Å². The van der Waals surface area contributed by atoms with Gasteiger partial charge in [0.25, 0.3) is 5.91 Å². The maximum atomic E-state index is 12.4. The lowest BCUT2D eigenvalue weighted by molar-refractivity contribution is 0.0950. The first kappa shape index (κ1) is 15.8. The summed E-state index contributed by atoms with van der Waals surface area (Å²) < 4.78 is 32.3. The van der Waals surface area contributed by atoms with Crippen LogP contribution in [0.5, 0.6) is 0 Å². The Morgan fingerprint density at radius 1 is 1.30 bits per heavy atom. The van der Waals surface area contributed by atoms with Crippen molar-refractivity contribution >= 4 is 15.9 Å². The minimum atomic E-state index is -3.71. The van der Waals surface area contributed by atoms with Gasteiger partial charge in [-0.3, -0.25) is 4.79 Å². The predicted octanol–water partition coefficient (Wildman–Crippen LogP) is 1.96. The minimum absolute atomic E-state index is 0.0623. The second kappa shape index (κ2) is 6.17. The minimum Gasteiger partial charge on any atom is -0.468 e. The number of sulfonamides is 1. The Morgan fingerprint density at radius 2 is 2.09 bits per heavy atom. The molecule has 1 aliphatic rings.